The van der Waals surface area contributed by atoms with Gasteiger partial charge in [-0.25, -0.2) is 0 Å². The van der Waals surface area contributed by atoms with Crippen LogP contribution in [0.5, 0.6) is 5.75 Å². The third-order valence-electron chi connectivity index (χ3n) is 4.29. The summed E-state index contributed by atoms with van der Waals surface area (Å²) < 4.78 is 5.80. The molecule has 0 bridgehead atoms. The lowest BCUT2D eigenvalue weighted by Gasteiger charge is -2.18. The van der Waals surface area contributed by atoms with Gasteiger partial charge in [-0.3, -0.25) is 5.43 Å². The van der Waals surface area contributed by atoms with Crippen molar-refractivity contribution in [3.63, 3.8) is 0 Å². The first-order chi connectivity index (χ1) is 13.0. The summed E-state index contributed by atoms with van der Waals surface area (Å²) in [6, 6.07) is 26.4. The van der Waals surface area contributed by atoms with Gasteiger partial charge in [0.1, 0.15) is 12.4 Å². The molecule has 3 aromatic carbocycles. The first-order valence-electron chi connectivity index (χ1n) is 9.17. The Morgan fingerprint density at radius 3 is 2.15 bits per heavy atom. The van der Waals surface area contributed by atoms with Crippen LogP contribution in [0, 0.1) is 0 Å². The number of hydrogen-bond donors (Lipinski definition) is 1. The van der Waals surface area contributed by atoms with Gasteiger partial charge in [0, 0.05) is 0 Å². The van der Waals surface area contributed by atoms with Crippen molar-refractivity contribution in [2.75, 3.05) is 5.43 Å². The van der Waals surface area contributed by atoms with Gasteiger partial charge in [-0.2, -0.15) is 5.10 Å². The third-order valence-corrected chi connectivity index (χ3v) is 4.29. The Hall–Kier alpha value is -3.07. The lowest BCUT2D eigenvalue weighted by Crippen LogP contribution is -2.10. The summed E-state index contributed by atoms with van der Waals surface area (Å²) >= 11 is 0. The zero-order valence-corrected chi connectivity index (χ0v) is 16.1. The number of benzene rings is 3. The molecule has 0 spiro atoms. The molecule has 0 aromatic heterocycles. The molecule has 0 amide bonds. The molecule has 138 valence electrons. The van der Waals surface area contributed by atoms with Gasteiger partial charge in [-0.05, 0) is 58.5 Å². The van der Waals surface area contributed by atoms with Gasteiger partial charge in [0.25, 0.3) is 0 Å². The fraction of sp³-hybridized carbons (Fsp3) is 0.208. The van der Waals surface area contributed by atoms with E-state index < -0.39 is 0 Å². The Bertz CT molecular complexity index is 861. The Kier molecular flexibility index (Phi) is 5.92. The Balaban J connectivity index is 1.52. The molecule has 3 aromatic rings. The van der Waals surface area contributed by atoms with Crippen molar-refractivity contribution in [3.05, 3.63) is 95.6 Å². The van der Waals surface area contributed by atoms with E-state index >= 15 is 0 Å². The van der Waals surface area contributed by atoms with Crippen molar-refractivity contribution in [2.45, 2.75) is 32.8 Å². The number of hydrogen-bond acceptors (Lipinski definition) is 3. The van der Waals surface area contributed by atoms with Crippen LogP contribution in [0.2, 0.25) is 0 Å². The zero-order chi connectivity index (χ0) is 19.1. The molecule has 0 heterocycles. The number of ether oxygens (including phenoxy) is 1. The molecule has 3 heteroatoms. The van der Waals surface area contributed by atoms with E-state index in [1.807, 2.05) is 42.5 Å². The highest BCUT2D eigenvalue weighted by Gasteiger charge is 2.12. The molecular weight excluding hydrogens is 332 g/mol. The van der Waals surface area contributed by atoms with Crippen LogP contribution in [0.25, 0.3) is 0 Å². The van der Waals surface area contributed by atoms with Crippen molar-refractivity contribution in [1.82, 2.24) is 0 Å². The molecule has 0 fully saturated rings. The highest BCUT2D eigenvalue weighted by atomic mass is 16.5. The van der Waals surface area contributed by atoms with Crippen molar-refractivity contribution in [2.24, 2.45) is 5.10 Å². The third kappa shape index (κ3) is 5.71. The lowest BCUT2D eigenvalue weighted by molar-refractivity contribution is 0.306. The standard InChI is InChI=1S/C24H26N2O/c1-24(2,3)21-11-13-22(14-12-21)26-25-17-19-9-15-23(16-10-19)27-18-20-7-5-4-6-8-20/h4-17,26H,18H2,1-3H3/b25-17-. The number of nitrogens with zero attached hydrogens (tertiary/aromatic N) is 1. The van der Waals surface area contributed by atoms with Gasteiger partial charge < -0.3 is 4.74 Å². The van der Waals surface area contributed by atoms with Crippen molar-refractivity contribution in [1.29, 1.82) is 0 Å². The second kappa shape index (κ2) is 8.54. The van der Waals surface area contributed by atoms with Gasteiger partial charge >= 0.3 is 0 Å². The molecule has 0 saturated heterocycles. The maximum Gasteiger partial charge on any atom is 0.119 e. The monoisotopic (exact) mass is 358 g/mol. The van der Waals surface area contributed by atoms with Crippen LogP contribution in [-0.2, 0) is 12.0 Å². The number of anilines is 1. The van der Waals surface area contributed by atoms with Crippen LogP contribution in [0.4, 0.5) is 5.69 Å². The number of hydrazone groups is 1. The van der Waals surface area contributed by atoms with Gasteiger partial charge in [0.2, 0.25) is 0 Å². The normalized spacial score (nSPS) is 11.5. The summed E-state index contributed by atoms with van der Waals surface area (Å²) in [6.45, 7) is 7.20. The molecule has 0 atom stereocenters. The highest BCUT2D eigenvalue weighted by molar-refractivity contribution is 5.80. The molecule has 0 aliphatic rings. The molecule has 0 radical (unpaired) electrons. The van der Waals surface area contributed by atoms with E-state index in [9.17, 15) is 0 Å². The molecule has 27 heavy (non-hydrogen) atoms. The molecule has 0 aliphatic carbocycles. The second-order valence-electron chi connectivity index (χ2n) is 7.54. The lowest BCUT2D eigenvalue weighted by atomic mass is 9.87. The maximum absolute atomic E-state index is 5.80. The van der Waals surface area contributed by atoms with Gasteiger partial charge in [-0.15, -0.1) is 0 Å². The van der Waals surface area contributed by atoms with Gasteiger partial charge in [0.15, 0.2) is 0 Å². The van der Waals surface area contributed by atoms with Crippen LogP contribution >= 0.6 is 0 Å². The predicted molar refractivity (Wildman–Crippen MR) is 114 cm³/mol. The summed E-state index contributed by atoms with van der Waals surface area (Å²) in [5.41, 5.74) is 7.68. The average Bonchev–Trinajstić information content (AvgIpc) is 2.68. The molecule has 0 unspecified atom stereocenters. The summed E-state index contributed by atoms with van der Waals surface area (Å²) in [5, 5.41) is 4.31. The largest absolute Gasteiger partial charge is 0.489 e. The van der Waals surface area contributed by atoms with E-state index in [0.29, 0.717) is 6.61 Å². The fourth-order valence-electron chi connectivity index (χ4n) is 2.62. The summed E-state index contributed by atoms with van der Waals surface area (Å²) in [6.07, 6.45) is 1.80. The molecular formula is C24H26N2O. The molecule has 1 N–H and O–H groups in total. The Morgan fingerprint density at radius 1 is 0.852 bits per heavy atom. The average molecular weight is 358 g/mol. The zero-order valence-electron chi connectivity index (χ0n) is 16.1. The van der Waals surface area contributed by atoms with E-state index in [0.717, 1.165) is 22.6 Å². The van der Waals surface area contributed by atoms with Crippen LogP contribution in [0.1, 0.15) is 37.5 Å². The summed E-state index contributed by atoms with van der Waals surface area (Å²) in [7, 11) is 0. The van der Waals surface area contributed by atoms with Crippen LogP contribution in [-0.4, -0.2) is 6.21 Å². The van der Waals surface area contributed by atoms with Crippen molar-refractivity contribution >= 4 is 11.9 Å². The van der Waals surface area contributed by atoms with Crippen LogP contribution < -0.4 is 10.2 Å². The van der Waals surface area contributed by atoms with Crippen LogP contribution in [0.3, 0.4) is 0 Å². The quantitative estimate of drug-likeness (QED) is 0.432. The van der Waals surface area contributed by atoms with Gasteiger partial charge in [0.05, 0.1) is 11.9 Å². The molecule has 3 rings (SSSR count). The fourth-order valence-corrected chi connectivity index (χ4v) is 2.62. The first-order valence-corrected chi connectivity index (χ1v) is 9.17. The molecule has 0 aliphatic heterocycles. The minimum Gasteiger partial charge on any atom is -0.489 e. The SMILES string of the molecule is CC(C)(C)c1ccc(N/N=C\c2ccc(OCc3ccccc3)cc2)cc1. The number of nitrogens with one attached hydrogen (secondary N) is 1. The van der Waals surface area contributed by atoms with Crippen molar-refractivity contribution < 1.29 is 4.74 Å². The Morgan fingerprint density at radius 2 is 1.52 bits per heavy atom. The Labute approximate surface area is 161 Å². The van der Waals surface area contributed by atoms with Crippen molar-refractivity contribution in [3.8, 4) is 5.75 Å². The first kappa shape index (κ1) is 18.7. The number of rotatable bonds is 6. The predicted octanol–water partition coefficient (Wildman–Crippen LogP) is 6.01. The van der Waals surface area contributed by atoms with E-state index in [2.05, 4.69) is 67.7 Å². The smallest absolute Gasteiger partial charge is 0.119 e. The molecule has 3 nitrogen and oxygen atoms in total. The molecule has 0 saturated carbocycles. The second-order valence-corrected chi connectivity index (χ2v) is 7.54. The van der Waals surface area contributed by atoms with Crippen LogP contribution in [0.15, 0.2) is 84.0 Å². The van der Waals surface area contributed by atoms with E-state index in [1.54, 1.807) is 6.21 Å². The maximum atomic E-state index is 5.80. The van der Waals surface area contributed by atoms with E-state index in [1.165, 1.54) is 5.56 Å². The summed E-state index contributed by atoms with van der Waals surface area (Å²) in [4.78, 5) is 0. The minimum atomic E-state index is 0.159. The highest BCUT2D eigenvalue weighted by Crippen LogP contribution is 2.23. The van der Waals surface area contributed by atoms with E-state index in [-0.39, 0.29) is 5.41 Å². The topological polar surface area (TPSA) is 33.6 Å². The minimum absolute atomic E-state index is 0.159. The van der Waals surface area contributed by atoms with E-state index in [4.69, 9.17) is 4.74 Å². The summed E-state index contributed by atoms with van der Waals surface area (Å²) in [5.74, 6) is 0.849. The van der Waals surface area contributed by atoms with Gasteiger partial charge in [-0.1, -0.05) is 63.2 Å².